The minimum Gasteiger partial charge on any atom is -0.481 e. The number of rotatable bonds is 4. The lowest BCUT2D eigenvalue weighted by Gasteiger charge is -2.25. The molecule has 1 atom stereocenters. The number of carbonyl (C=O) groups is 1. The highest BCUT2D eigenvalue weighted by molar-refractivity contribution is 7.99. The summed E-state index contributed by atoms with van der Waals surface area (Å²) in [6.45, 7) is 1.38. The first kappa shape index (κ1) is 14.7. The standard InChI is InChI=1S/C14H15ClN2O3S/c15-10-4-1-5-11-13(10)17(9-3-2-6-20-7-9)14(16-11)21-8-12(18)19/h1,4-5,9H,2-3,6-8H2,(H,18,19). The summed E-state index contributed by atoms with van der Waals surface area (Å²) in [5.74, 6) is -0.876. The topological polar surface area (TPSA) is 64.3 Å². The largest absolute Gasteiger partial charge is 0.481 e. The van der Waals surface area contributed by atoms with Crippen molar-refractivity contribution in [1.29, 1.82) is 0 Å². The number of hydrogen-bond acceptors (Lipinski definition) is 4. The predicted octanol–water partition coefficient (Wildman–Crippen LogP) is 3.22. The fourth-order valence-electron chi connectivity index (χ4n) is 2.58. The summed E-state index contributed by atoms with van der Waals surface area (Å²) in [6, 6.07) is 5.73. The number of imidazole rings is 1. The van der Waals surface area contributed by atoms with E-state index in [9.17, 15) is 4.79 Å². The van der Waals surface area contributed by atoms with Gasteiger partial charge in [-0.2, -0.15) is 0 Å². The normalized spacial score (nSPS) is 19.0. The molecule has 2 heterocycles. The van der Waals surface area contributed by atoms with Crippen LogP contribution in [0.1, 0.15) is 18.9 Å². The van der Waals surface area contributed by atoms with Gasteiger partial charge in [0.1, 0.15) is 0 Å². The molecule has 0 spiro atoms. The Morgan fingerprint density at radius 2 is 2.43 bits per heavy atom. The molecular weight excluding hydrogens is 312 g/mol. The Kier molecular flexibility index (Phi) is 4.37. The van der Waals surface area contributed by atoms with Crippen LogP contribution < -0.4 is 0 Å². The third-order valence-corrected chi connectivity index (χ3v) is 4.70. The molecule has 1 unspecified atom stereocenters. The maximum absolute atomic E-state index is 10.8. The van der Waals surface area contributed by atoms with Crippen LogP contribution in [0.25, 0.3) is 11.0 Å². The van der Waals surface area contributed by atoms with Crippen molar-refractivity contribution in [2.75, 3.05) is 19.0 Å². The van der Waals surface area contributed by atoms with E-state index in [1.165, 1.54) is 11.8 Å². The molecule has 1 N–H and O–H groups in total. The number of thioether (sulfide) groups is 1. The lowest BCUT2D eigenvalue weighted by Crippen LogP contribution is -2.22. The number of nitrogens with zero attached hydrogens (tertiary/aromatic N) is 2. The Bertz CT molecular complexity index is 668. The number of para-hydroxylation sites is 1. The monoisotopic (exact) mass is 326 g/mol. The van der Waals surface area contributed by atoms with Gasteiger partial charge in [-0.3, -0.25) is 4.79 Å². The van der Waals surface area contributed by atoms with Crippen LogP contribution in [-0.2, 0) is 9.53 Å². The van der Waals surface area contributed by atoms with Gasteiger partial charge in [-0.25, -0.2) is 4.98 Å². The Morgan fingerprint density at radius 3 is 3.14 bits per heavy atom. The van der Waals surface area contributed by atoms with E-state index in [2.05, 4.69) is 4.98 Å². The van der Waals surface area contributed by atoms with Gasteiger partial charge >= 0.3 is 5.97 Å². The Hall–Kier alpha value is -1.24. The summed E-state index contributed by atoms with van der Waals surface area (Å²) in [5.41, 5.74) is 1.66. The molecule has 1 aliphatic rings. The molecule has 1 saturated heterocycles. The van der Waals surface area contributed by atoms with Gasteiger partial charge in [-0.05, 0) is 25.0 Å². The van der Waals surface area contributed by atoms with E-state index in [1.807, 2.05) is 22.8 Å². The number of hydrogen-bond donors (Lipinski definition) is 1. The molecule has 1 aliphatic heterocycles. The lowest BCUT2D eigenvalue weighted by molar-refractivity contribution is -0.133. The van der Waals surface area contributed by atoms with Crippen molar-refractivity contribution >= 4 is 40.4 Å². The molecule has 0 amide bonds. The van der Waals surface area contributed by atoms with Crippen molar-refractivity contribution < 1.29 is 14.6 Å². The fourth-order valence-corrected chi connectivity index (χ4v) is 3.63. The summed E-state index contributed by atoms with van der Waals surface area (Å²) in [7, 11) is 0. The SMILES string of the molecule is O=C(O)CSc1nc2cccc(Cl)c2n1C1CCCOC1. The van der Waals surface area contributed by atoms with Gasteiger partial charge in [-0.15, -0.1) is 0 Å². The second-order valence-corrected chi connectivity index (χ2v) is 6.28. The quantitative estimate of drug-likeness (QED) is 0.874. The summed E-state index contributed by atoms with van der Waals surface area (Å²) in [4.78, 5) is 15.4. The second kappa shape index (κ2) is 6.25. The van der Waals surface area contributed by atoms with Crippen molar-refractivity contribution in [2.45, 2.75) is 24.0 Å². The van der Waals surface area contributed by atoms with Crippen molar-refractivity contribution in [3.05, 3.63) is 23.2 Å². The maximum atomic E-state index is 10.8. The summed E-state index contributed by atoms with van der Waals surface area (Å²) < 4.78 is 7.60. The zero-order valence-corrected chi connectivity index (χ0v) is 12.9. The van der Waals surface area contributed by atoms with Gasteiger partial charge in [0.05, 0.1) is 34.5 Å². The van der Waals surface area contributed by atoms with Gasteiger partial charge in [0.15, 0.2) is 5.16 Å². The van der Waals surface area contributed by atoms with Crippen LogP contribution in [0.15, 0.2) is 23.4 Å². The smallest absolute Gasteiger partial charge is 0.313 e. The van der Waals surface area contributed by atoms with E-state index >= 15 is 0 Å². The molecule has 7 heteroatoms. The van der Waals surface area contributed by atoms with Crippen molar-refractivity contribution in [2.24, 2.45) is 0 Å². The van der Waals surface area contributed by atoms with E-state index in [4.69, 9.17) is 21.4 Å². The molecule has 0 saturated carbocycles. The molecule has 0 bridgehead atoms. The zero-order chi connectivity index (χ0) is 14.8. The molecular formula is C14H15ClN2O3S. The van der Waals surface area contributed by atoms with Gasteiger partial charge in [0.25, 0.3) is 0 Å². The third-order valence-electron chi connectivity index (χ3n) is 3.45. The Balaban J connectivity index is 2.07. The molecule has 3 rings (SSSR count). The van der Waals surface area contributed by atoms with Crippen molar-refractivity contribution in [3.63, 3.8) is 0 Å². The summed E-state index contributed by atoms with van der Waals surface area (Å²) in [6.07, 6.45) is 1.97. The van der Waals surface area contributed by atoms with Crippen LogP contribution in [-0.4, -0.2) is 39.6 Å². The van der Waals surface area contributed by atoms with Gasteiger partial charge in [-0.1, -0.05) is 29.4 Å². The number of benzene rings is 1. The highest BCUT2D eigenvalue weighted by atomic mass is 35.5. The highest BCUT2D eigenvalue weighted by Gasteiger charge is 2.23. The molecule has 1 aromatic carbocycles. The summed E-state index contributed by atoms with van der Waals surface area (Å²) >= 11 is 7.55. The number of aliphatic carboxylic acids is 1. The first-order valence-electron chi connectivity index (χ1n) is 6.75. The van der Waals surface area contributed by atoms with Gasteiger partial charge in [0, 0.05) is 6.61 Å². The molecule has 2 aromatic rings. The Morgan fingerprint density at radius 1 is 1.57 bits per heavy atom. The van der Waals surface area contributed by atoms with Gasteiger partial charge < -0.3 is 14.4 Å². The number of carboxylic acid groups (broad SMARTS) is 1. The first-order valence-corrected chi connectivity index (χ1v) is 8.12. The Labute approximate surface area is 131 Å². The lowest BCUT2D eigenvalue weighted by atomic mass is 10.1. The number of aromatic nitrogens is 2. The minimum absolute atomic E-state index is 0.0193. The predicted molar refractivity (Wildman–Crippen MR) is 82.2 cm³/mol. The number of carboxylic acids is 1. The van der Waals surface area contributed by atoms with E-state index < -0.39 is 5.97 Å². The van der Waals surface area contributed by atoms with Gasteiger partial charge in [0.2, 0.25) is 0 Å². The van der Waals surface area contributed by atoms with Crippen LogP contribution in [0.5, 0.6) is 0 Å². The fraction of sp³-hybridized carbons (Fsp3) is 0.429. The molecule has 112 valence electrons. The van der Waals surface area contributed by atoms with E-state index in [-0.39, 0.29) is 11.8 Å². The van der Waals surface area contributed by atoms with Crippen molar-refractivity contribution in [3.8, 4) is 0 Å². The zero-order valence-electron chi connectivity index (χ0n) is 11.3. The van der Waals surface area contributed by atoms with Crippen LogP contribution in [0.3, 0.4) is 0 Å². The molecule has 0 aliphatic carbocycles. The average Bonchev–Trinajstić information content (AvgIpc) is 2.86. The summed E-state index contributed by atoms with van der Waals surface area (Å²) in [5, 5.41) is 10.2. The number of fused-ring (bicyclic) bond motifs is 1. The first-order chi connectivity index (χ1) is 10.2. The average molecular weight is 327 g/mol. The van der Waals surface area contributed by atoms with Crippen molar-refractivity contribution in [1.82, 2.24) is 9.55 Å². The van der Waals surface area contributed by atoms with Crippen LogP contribution >= 0.6 is 23.4 Å². The second-order valence-electron chi connectivity index (χ2n) is 4.93. The van der Waals surface area contributed by atoms with Crippen LogP contribution in [0.2, 0.25) is 5.02 Å². The molecule has 1 fully saturated rings. The minimum atomic E-state index is -0.857. The van der Waals surface area contributed by atoms with E-state index in [0.29, 0.717) is 16.8 Å². The third kappa shape index (κ3) is 3.02. The van der Waals surface area contributed by atoms with E-state index in [0.717, 1.165) is 30.5 Å². The maximum Gasteiger partial charge on any atom is 0.313 e. The van der Waals surface area contributed by atoms with E-state index in [1.54, 1.807) is 0 Å². The molecule has 21 heavy (non-hydrogen) atoms. The number of halogens is 1. The van der Waals surface area contributed by atoms with Crippen LogP contribution in [0, 0.1) is 0 Å². The molecule has 0 radical (unpaired) electrons. The number of ether oxygens (including phenoxy) is 1. The van der Waals surface area contributed by atoms with Crippen LogP contribution in [0.4, 0.5) is 0 Å². The highest BCUT2D eigenvalue weighted by Crippen LogP contribution is 2.34. The molecule has 5 nitrogen and oxygen atoms in total. The molecule has 1 aromatic heterocycles.